The van der Waals surface area contributed by atoms with Crippen LogP contribution in [0.4, 0.5) is 0 Å². The van der Waals surface area contributed by atoms with E-state index >= 15 is 0 Å². The molecule has 20 heavy (non-hydrogen) atoms. The zero-order valence-corrected chi connectivity index (χ0v) is 16.1. The zero-order chi connectivity index (χ0) is 14.0. The summed E-state index contributed by atoms with van der Waals surface area (Å²) in [5.41, 5.74) is 0. The average Bonchev–Trinajstić information content (AvgIpc) is 2.49. The molecule has 0 unspecified atom stereocenters. The first-order chi connectivity index (χ1) is 9.88. The number of rotatable bonds is 8. The Bertz CT molecular complexity index is 215. The Balaban J connectivity index is 1.75. The van der Waals surface area contributed by atoms with Gasteiger partial charge in [-0.3, -0.25) is 0 Å². The van der Waals surface area contributed by atoms with E-state index in [1.54, 1.807) is 0 Å². The fourth-order valence-electron chi connectivity index (χ4n) is 3.28. The molecule has 2 saturated carbocycles. The Hall–Kier alpha value is 0.719. The fraction of sp³-hybridized carbons (Fsp3) is 1.00. The summed E-state index contributed by atoms with van der Waals surface area (Å²) in [4.78, 5) is 0. The molecule has 2 rings (SSSR count). The van der Waals surface area contributed by atoms with Crippen molar-refractivity contribution in [3.05, 3.63) is 0 Å². The molecule has 0 bridgehead atoms. The predicted molar refractivity (Wildman–Crippen MR) is 85.2 cm³/mol. The first kappa shape index (κ1) is 17.1. The molecule has 0 spiro atoms. The molecule has 0 aliphatic heterocycles. The summed E-state index contributed by atoms with van der Waals surface area (Å²) in [6.07, 6.45) is 17.1. The third-order valence-electron chi connectivity index (χ3n) is 4.58. The molecule has 0 atom stereocenters. The molecule has 2 aliphatic rings. The van der Waals surface area contributed by atoms with Gasteiger partial charge in [0.15, 0.2) is 0 Å². The molecule has 0 N–H and O–H groups in total. The second-order valence-corrected chi connectivity index (χ2v) is 10.4. The van der Waals surface area contributed by atoms with Gasteiger partial charge in [-0.05, 0) is 0 Å². The van der Waals surface area contributed by atoms with Gasteiger partial charge in [0.2, 0.25) is 0 Å². The van der Waals surface area contributed by atoms with Gasteiger partial charge in [0.1, 0.15) is 0 Å². The molecule has 0 aromatic carbocycles. The van der Waals surface area contributed by atoms with Crippen molar-refractivity contribution in [3.8, 4) is 0 Å². The van der Waals surface area contributed by atoms with Gasteiger partial charge in [-0.15, -0.1) is 0 Å². The average molecular weight is 387 g/mol. The molecule has 0 saturated heterocycles. The van der Waals surface area contributed by atoms with Crippen molar-refractivity contribution in [1.29, 1.82) is 0 Å². The Morgan fingerprint density at radius 3 is 1.80 bits per heavy atom. The molecule has 0 aromatic heterocycles. The quantitative estimate of drug-likeness (QED) is 0.336. The summed E-state index contributed by atoms with van der Waals surface area (Å²) >= 11 is -0.515. The molecular weight excluding hydrogens is 355 g/mol. The molecule has 3 heteroatoms. The fourth-order valence-corrected chi connectivity index (χ4v) is 7.19. The third-order valence-corrected chi connectivity index (χ3v) is 8.14. The molecule has 0 heterocycles. The summed E-state index contributed by atoms with van der Waals surface area (Å²) in [6.45, 7) is 2.29. The molecule has 116 valence electrons. The van der Waals surface area contributed by atoms with E-state index in [1.165, 1.54) is 81.5 Å². The summed E-state index contributed by atoms with van der Waals surface area (Å²) in [5.74, 6) is 0. The van der Waals surface area contributed by atoms with Crippen LogP contribution in [-0.2, 0) is 9.47 Å². The van der Waals surface area contributed by atoms with Crippen LogP contribution in [0.3, 0.4) is 0 Å². The molecule has 2 nitrogen and oxygen atoms in total. The van der Waals surface area contributed by atoms with Gasteiger partial charge >= 0.3 is 136 Å². The Kier molecular flexibility index (Phi) is 8.92. The van der Waals surface area contributed by atoms with E-state index in [1.807, 2.05) is 0 Å². The summed E-state index contributed by atoms with van der Waals surface area (Å²) in [5, 5.41) is 0. The Labute approximate surface area is 135 Å². The van der Waals surface area contributed by atoms with Crippen molar-refractivity contribution in [3.63, 3.8) is 0 Å². The van der Waals surface area contributed by atoms with Gasteiger partial charge in [-0.25, -0.2) is 0 Å². The van der Waals surface area contributed by atoms with Gasteiger partial charge in [-0.2, -0.15) is 0 Å². The van der Waals surface area contributed by atoms with E-state index in [0.29, 0.717) is 12.2 Å². The van der Waals surface area contributed by atoms with E-state index in [9.17, 15) is 0 Å². The molecular formula is C17H32O2Sn. The summed E-state index contributed by atoms with van der Waals surface area (Å²) in [6, 6.07) is 0. The summed E-state index contributed by atoms with van der Waals surface area (Å²) in [7, 11) is 0. The number of unbranched alkanes of at least 4 members (excludes halogenated alkanes) is 1. The zero-order valence-electron chi connectivity index (χ0n) is 13.2. The van der Waals surface area contributed by atoms with E-state index in [-0.39, 0.29) is 4.31 Å². The van der Waals surface area contributed by atoms with Crippen molar-refractivity contribution < 1.29 is 9.47 Å². The standard InChI is InChI=1S/C13H23O2.C4H9.Sn/c1-3-7-12(8-4-1)14-11-15-13-9-5-2-6-10-13;1-3-4-2;/h11-13H,1-10H2;1,3-4H2,2H3;. The van der Waals surface area contributed by atoms with Crippen LogP contribution in [0.2, 0.25) is 4.44 Å². The van der Waals surface area contributed by atoms with Crippen molar-refractivity contribution >= 4 is 21.1 Å². The number of hydrogen-bond acceptors (Lipinski definition) is 2. The SMILES string of the molecule is CCC[CH2][Sn][CH](OC1CCCCC1)OC1CCCCC1. The molecule has 2 aliphatic carbocycles. The van der Waals surface area contributed by atoms with E-state index in [0.717, 1.165) is 0 Å². The summed E-state index contributed by atoms with van der Waals surface area (Å²) < 4.78 is 14.5. The third kappa shape index (κ3) is 6.65. The predicted octanol–water partition coefficient (Wildman–Crippen LogP) is 4.89. The van der Waals surface area contributed by atoms with Crippen LogP contribution in [0.25, 0.3) is 0 Å². The van der Waals surface area contributed by atoms with Gasteiger partial charge in [0.25, 0.3) is 0 Å². The Morgan fingerprint density at radius 2 is 1.35 bits per heavy atom. The van der Waals surface area contributed by atoms with Crippen LogP contribution >= 0.6 is 0 Å². The van der Waals surface area contributed by atoms with Crippen molar-refractivity contribution in [2.45, 2.75) is 105 Å². The van der Waals surface area contributed by atoms with Crippen molar-refractivity contribution in [2.24, 2.45) is 0 Å². The van der Waals surface area contributed by atoms with Gasteiger partial charge in [-0.1, -0.05) is 0 Å². The second-order valence-electron chi connectivity index (χ2n) is 6.43. The minimum absolute atomic E-state index is 0.247. The maximum absolute atomic E-state index is 6.39. The Morgan fingerprint density at radius 1 is 0.850 bits per heavy atom. The number of hydrogen-bond donors (Lipinski definition) is 0. The van der Waals surface area contributed by atoms with Crippen LogP contribution in [-0.4, -0.2) is 37.7 Å². The topological polar surface area (TPSA) is 18.5 Å². The number of ether oxygens (including phenoxy) is 2. The first-order valence-corrected chi connectivity index (χ1v) is 12.6. The maximum atomic E-state index is 6.39. The van der Waals surface area contributed by atoms with Crippen LogP contribution < -0.4 is 0 Å². The van der Waals surface area contributed by atoms with Crippen LogP contribution in [0.5, 0.6) is 0 Å². The van der Waals surface area contributed by atoms with Crippen LogP contribution in [0.15, 0.2) is 0 Å². The first-order valence-electron chi connectivity index (χ1n) is 8.93. The molecule has 2 fully saturated rings. The molecule has 0 amide bonds. The van der Waals surface area contributed by atoms with E-state index in [2.05, 4.69) is 6.92 Å². The van der Waals surface area contributed by atoms with Gasteiger partial charge < -0.3 is 0 Å². The van der Waals surface area contributed by atoms with Gasteiger partial charge in [0.05, 0.1) is 0 Å². The monoisotopic (exact) mass is 388 g/mol. The van der Waals surface area contributed by atoms with Crippen LogP contribution in [0.1, 0.15) is 84.0 Å². The molecule has 2 radical (unpaired) electrons. The van der Waals surface area contributed by atoms with E-state index < -0.39 is 21.1 Å². The van der Waals surface area contributed by atoms with Crippen LogP contribution in [0, 0.1) is 0 Å². The minimum atomic E-state index is -0.515. The normalized spacial score (nSPS) is 22.5. The second kappa shape index (κ2) is 10.4. The van der Waals surface area contributed by atoms with Crippen molar-refractivity contribution in [2.75, 3.05) is 0 Å². The van der Waals surface area contributed by atoms with Crippen molar-refractivity contribution in [1.82, 2.24) is 0 Å². The van der Waals surface area contributed by atoms with E-state index in [4.69, 9.17) is 9.47 Å². The van der Waals surface area contributed by atoms with Gasteiger partial charge in [0, 0.05) is 0 Å². The molecule has 0 aromatic rings.